The summed E-state index contributed by atoms with van der Waals surface area (Å²) >= 11 is 0. The van der Waals surface area contributed by atoms with E-state index in [1.54, 1.807) is 12.4 Å². The van der Waals surface area contributed by atoms with Gasteiger partial charge in [-0.2, -0.15) is 0 Å². The number of rotatable bonds is 7. The molecule has 0 amide bonds. The zero-order valence-corrected chi connectivity index (χ0v) is 22.3. The third-order valence-corrected chi connectivity index (χ3v) is 7.21. The average molecular weight is 530 g/mol. The number of nitrogens with zero attached hydrogens (tertiary/aromatic N) is 5. The second-order valence-electron chi connectivity index (χ2n) is 9.75. The number of imidazole rings is 2. The first-order valence-electron chi connectivity index (χ1n) is 13.6. The number of aromatic nitrogens is 4. The Morgan fingerprint density at radius 1 is 0.463 bits per heavy atom. The molecule has 5 heteroatoms. The molecule has 2 aromatic heterocycles. The molecule has 0 aliphatic rings. The summed E-state index contributed by atoms with van der Waals surface area (Å²) < 4.78 is 4.07. The molecule has 5 aromatic carbocycles. The lowest BCUT2D eigenvalue weighted by Crippen LogP contribution is -2.13. The third kappa shape index (κ3) is 4.81. The zero-order chi connectivity index (χ0) is 27.4. The molecule has 7 rings (SSSR count). The first-order chi connectivity index (χ1) is 20.3. The van der Waals surface area contributed by atoms with Crippen LogP contribution in [0.4, 0.5) is 17.1 Å². The molecule has 0 N–H and O–H groups in total. The van der Waals surface area contributed by atoms with Crippen LogP contribution in [0.2, 0.25) is 0 Å². The molecule has 7 aromatic rings. The molecule has 0 spiro atoms. The van der Waals surface area contributed by atoms with Gasteiger partial charge in [0.2, 0.25) is 0 Å². The van der Waals surface area contributed by atoms with E-state index in [2.05, 4.69) is 142 Å². The van der Waals surface area contributed by atoms with Crippen molar-refractivity contribution in [2.24, 2.45) is 0 Å². The highest BCUT2D eigenvalue weighted by atomic mass is 15.2. The van der Waals surface area contributed by atoms with Crippen LogP contribution >= 0.6 is 0 Å². The van der Waals surface area contributed by atoms with Gasteiger partial charge >= 0.3 is 0 Å². The highest BCUT2D eigenvalue weighted by Crippen LogP contribution is 2.47. The lowest BCUT2D eigenvalue weighted by atomic mass is 9.94. The summed E-state index contributed by atoms with van der Waals surface area (Å²) in [6.45, 7) is 0. The number of benzene rings is 5. The van der Waals surface area contributed by atoms with Gasteiger partial charge in [0.25, 0.3) is 0 Å². The fraction of sp³-hybridized carbons (Fsp3) is 0. The molecular formula is C36H27N5. The van der Waals surface area contributed by atoms with Gasteiger partial charge in [-0.3, -0.25) is 0 Å². The van der Waals surface area contributed by atoms with E-state index in [1.165, 1.54) is 0 Å². The predicted octanol–water partition coefficient (Wildman–Crippen LogP) is 8.86. The zero-order valence-electron chi connectivity index (χ0n) is 22.3. The Morgan fingerprint density at radius 2 is 0.927 bits per heavy atom. The summed E-state index contributed by atoms with van der Waals surface area (Å²) in [4.78, 5) is 10.9. The maximum atomic E-state index is 4.28. The van der Waals surface area contributed by atoms with E-state index < -0.39 is 0 Å². The van der Waals surface area contributed by atoms with Crippen molar-refractivity contribution >= 4 is 17.1 Å². The highest BCUT2D eigenvalue weighted by Gasteiger charge is 2.22. The fourth-order valence-corrected chi connectivity index (χ4v) is 5.30. The monoisotopic (exact) mass is 529 g/mol. The van der Waals surface area contributed by atoms with Gasteiger partial charge in [0.1, 0.15) is 0 Å². The average Bonchev–Trinajstić information content (AvgIpc) is 3.78. The van der Waals surface area contributed by atoms with E-state index in [4.69, 9.17) is 0 Å². The van der Waals surface area contributed by atoms with Crippen LogP contribution in [0.3, 0.4) is 0 Å². The van der Waals surface area contributed by atoms with E-state index in [9.17, 15) is 0 Å². The molecule has 0 fully saturated rings. The second-order valence-corrected chi connectivity index (χ2v) is 9.75. The minimum absolute atomic E-state index is 1.04. The minimum atomic E-state index is 1.04. The van der Waals surface area contributed by atoms with Crippen molar-refractivity contribution in [2.75, 3.05) is 4.90 Å². The number of hydrogen-bond acceptors (Lipinski definition) is 3. The molecular weight excluding hydrogens is 502 g/mol. The predicted molar refractivity (Wildman–Crippen MR) is 166 cm³/mol. The van der Waals surface area contributed by atoms with Crippen LogP contribution in [0.15, 0.2) is 165 Å². The van der Waals surface area contributed by atoms with Crippen molar-refractivity contribution in [1.29, 1.82) is 0 Å². The molecule has 41 heavy (non-hydrogen) atoms. The van der Waals surface area contributed by atoms with Crippen molar-refractivity contribution in [3.8, 4) is 33.6 Å². The Labute approximate surface area is 239 Å². The lowest BCUT2D eigenvalue weighted by Gasteiger charge is -2.31. The van der Waals surface area contributed by atoms with Crippen LogP contribution in [0.25, 0.3) is 33.6 Å². The summed E-state index contributed by atoms with van der Waals surface area (Å²) in [5, 5.41) is 0. The summed E-state index contributed by atoms with van der Waals surface area (Å²) in [5.41, 5.74) is 9.86. The van der Waals surface area contributed by atoms with Gasteiger partial charge in [-0.1, -0.05) is 91.0 Å². The maximum Gasteiger partial charge on any atom is 0.0991 e. The molecule has 5 nitrogen and oxygen atoms in total. The molecule has 2 heterocycles. The first-order valence-corrected chi connectivity index (χ1v) is 13.6. The molecule has 0 aliphatic carbocycles. The second kappa shape index (κ2) is 10.8. The van der Waals surface area contributed by atoms with Gasteiger partial charge in [-0.15, -0.1) is 0 Å². The molecule has 0 atom stereocenters. The van der Waals surface area contributed by atoms with E-state index in [0.717, 1.165) is 50.7 Å². The van der Waals surface area contributed by atoms with Gasteiger partial charge in [0, 0.05) is 58.7 Å². The van der Waals surface area contributed by atoms with Crippen LogP contribution < -0.4 is 4.90 Å². The molecule has 196 valence electrons. The molecule has 0 bridgehead atoms. The Bertz CT molecular complexity index is 1740. The quantitative estimate of drug-likeness (QED) is 0.207. The molecule has 0 saturated heterocycles. The van der Waals surface area contributed by atoms with Gasteiger partial charge in [0.05, 0.1) is 18.3 Å². The van der Waals surface area contributed by atoms with E-state index in [1.807, 2.05) is 34.2 Å². The van der Waals surface area contributed by atoms with Crippen molar-refractivity contribution in [2.45, 2.75) is 0 Å². The lowest BCUT2D eigenvalue weighted by molar-refractivity contribution is 1.05. The van der Waals surface area contributed by atoms with Crippen molar-refractivity contribution in [3.63, 3.8) is 0 Å². The van der Waals surface area contributed by atoms with Crippen LogP contribution in [0, 0.1) is 0 Å². The van der Waals surface area contributed by atoms with Crippen LogP contribution in [0.1, 0.15) is 0 Å². The van der Waals surface area contributed by atoms with E-state index in [-0.39, 0.29) is 0 Å². The summed E-state index contributed by atoms with van der Waals surface area (Å²) in [6.07, 6.45) is 11.2. The third-order valence-electron chi connectivity index (χ3n) is 7.21. The standard InChI is InChI=1S/C36H27N5/c1-3-10-28(11-4-1)34-18-9-19-35(29-12-5-2-6-13-29)36(34)41(32-16-7-14-30(24-32)39-22-20-37-26-39)33-17-8-15-31(25-33)40-23-21-38-27-40/h1-27H. The maximum absolute atomic E-state index is 4.28. The Kier molecular flexibility index (Phi) is 6.44. The summed E-state index contributed by atoms with van der Waals surface area (Å²) in [5.74, 6) is 0. The van der Waals surface area contributed by atoms with Gasteiger partial charge < -0.3 is 14.0 Å². The largest absolute Gasteiger partial charge is 0.309 e. The fourth-order valence-electron chi connectivity index (χ4n) is 5.30. The Morgan fingerprint density at radius 3 is 1.37 bits per heavy atom. The SMILES string of the molecule is c1ccc(-c2cccc(-c3ccccc3)c2N(c2cccc(-n3ccnc3)c2)c2cccc(-n3ccnc3)c2)cc1. The Balaban J connectivity index is 1.53. The number of hydrogen-bond donors (Lipinski definition) is 0. The van der Waals surface area contributed by atoms with Gasteiger partial charge in [0.15, 0.2) is 0 Å². The topological polar surface area (TPSA) is 38.9 Å². The number of anilines is 3. The van der Waals surface area contributed by atoms with Crippen LogP contribution in [-0.2, 0) is 0 Å². The summed E-state index contributed by atoms with van der Waals surface area (Å²) in [7, 11) is 0. The van der Waals surface area contributed by atoms with E-state index in [0.29, 0.717) is 0 Å². The number of para-hydroxylation sites is 1. The molecule has 0 unspecified atom stereocenters. The molecule has 0 aliphatic heterocycles. The van der Waals surface area contributed by atoms with Crippen LogP contribution in [-0.4, -0.2) is 19.1 Å². The van der Waals surface area contributed by atoms with Gasteiger partial charge in [-0.05, 0) is 47.5 Å². The summed E-state index contributed by atoms with van der Waals surface area (Å²) in [6, 6.07) is 44.9. The van der Waals surface area contributed by atoms with Gasteiger partial charge in [-0.25, -0.2) is 9.97 Å². The Hall–Kier alpha value is -5.68. The minimum Gasteiger partial charge on any atom is -0.309 e. The molecule has 0 saturated carbocycles. The highest BCUT2D eigenvalue weighted by molar-refractivity contribution is 5.97. The van der Waals surface area contributed by atoms with Crippen LogP contribution in [0.5, 0.6) is 0 Å². The van der Waals surface area contributed by atoms with Crippen molar-refractivity contribution in [3.05, 3.63) is 165 Å². The van der Waals surface area contributed by atoms with Crippen molar-refractivity contribution in [1.82, 2.24) is 19.1 Å². The smallest absolute Gasteiger partial charge is 0.0991 e. The first kappa shape index (κ1) is 24.4. The van der Waals surface area contributed by atoms with E-state index >= 15 is 0 Å². The molecule has 0 radical (unpaired) electrons. The van der Waals surface area contributed by atoms with Crippen molar-refractivity contribution < 1.29 is 0 Å². The normalized spacial score (nSPS) is 10.9.